The smallest absolute Gasteiger partial charge is 0.252 e. The molecule has 0 heterocycles. The number of carbonyl (C=O) groups is 2. The van der Waals surface area contributed by atoms with Gasteiger partial charge in [0.25, 0.3) is 5.91 Å². The van der Waals surface area contributed by atoms with E-state index in [1.54, 1.807) is 6.92 Å². The largest absolute Gasteiger partial charge is 0.292 e. The van der Waals surface area contributed by atoms with Crippen LogP contribution in [0.2, 0.25) is 0 Å². The number of hydrogen-bond acceptors (Lipinski definition) is 2. The standard InChI is InChI=1S/C12H13NO2/c1-9(2)12(15)13-11(14)8-10-6-4-3-5-7-10/h3-7H,1,8H2,2H3,(H,13,14,15). The molecule has 0 aromatic heterocycles. The molecule has 78 valence electrons. The minimum atomic E-state index is -0.420. The van der Waals surface area contributed by atoms with Crippen LogP contribution in [0.5, 0.6) is 0 Å². The first kappa shape index (κ1) is 11.2. The molecule has 1 N–H and O–H groups in total. The Balaban J connectivity index is 2.51. The summed E-state index contributed by atoms with van der Waals surface area (Å²) in [6, 6.07) is 9.25. The van der Waals surface area contributed by atoms with Crippen LogP contribution in [-0.4, -0.2) is 11.8 Å². The molecule has 0 radical (unpaired) electrons. The Labute approximate surface area is 88.8 Å². The van der Waals surface area contributed by atoms with E-state index in [0.717, 1.165) is 5.56 Å². The Hall–Kier alpha value is -1.90. The van der Waals surface area contributed by atoms with E-state index in [4.69, 9.17) is 0 Å². The Morgan fingerprint density at radius 3 is 2.40 bits per heavy atom. The topological polar surface area (TPSA) is 46.2 Å². The molecule has 1 aromatic carbocycles. The lowest BCUT2D eigenvalue weighted by molar-refractivity contribution is -0.128. The van der Waals surface area contributed by atoms with Crippen LogP contribution in [0.3, 0.4) is 0 Å². The Morgan fingerprint density at radius 1 is 1.27 bits per heavy atom. The third kappa shape index (κ3) is 3.77. The van der Waals surface area contributed by atoms with Gasteiger partial charge in [0, 0.05) is 5.57 Å². The molecule has 0 atom stereocenters. The molecule has 0 aliphatic rings. The zero-order valence-corrected chi connectivity index (χ0v) is 8.62. The maximum atomic E-state index is 11.4. The van der Waals surface area contributed by atoms with Gasteiger partial charge in [0.05, 0.1) is 6.42 Å². The van der Waals surface area contributed by atoms with Crippen LogP contribution >= 0.6 is 0 Å². The SMILES string of the molecule is C=C(C)C(=O)NC(=O)Cc1ccccc1. The van der Waals surface area contributed by atoms with Crippen LogP contribution in [0.4, 0.5) is 0 Å². The van der Waals surface area contributed by atoms with E-state index in [0.29, 0.717) is 5.57 Å². The highest BCUT2D eigenvalue weighted by Gasteiger charge is 2.08. The third-order valence-corrected chi connectivity index (χ3v) is 1.85. The van der Waals surface area contributed by atoms with Gasteiger partial charge in [0.15, 0.2) is 0 Å². The van der Waals surface area contributed by atoms with E-state index >= 15 is 0 Å². The minimum Gasteiger partial charge on any atom is -0.292 e. The van der Waals surface area contributed by atoms with Crippen LogP contribution in [0.1, 0.15) is 12.5 Å². The van der Waals surface area contributed by atoms with Gasteiger partial charge in [-0.3, -0.25) is 14.9 Å². The molecule has 0 aliphatic heterocycles. The zero-order chi connectivity index (χ0) is 11.3. The van der Waals surface area contributed by atoms with E-state index in [1.807, 2.05) is 30.3 Å². The van der Waals surface area contributed by atoms with Crippen LogP contribution in [0, 0.1) is 0 Å². The average Bonchev–Trinajstić information content (AvgIpc) is 2.18. The number of nitrogens with one attached hydrogen (secondary N) is 1. The monoisotopic (exact) mass is 203 g/mol. The summed E-state index contributed by atoms with van der Waals surface area (Å²) < 4.78 is 0. The fourth-order valence-electron chi connectivity index (χ4n) is 1.06. The molecule has 1 aromatic rings. The van der Waals surface area contributed by atoms with Crippen LogP contribution in [0.15, 0.2) is 42.5 Å². The first-order valence-corrected chi connectivity index (χ1v) is 4.63. The highest BCUT2D eigenvalue weighted by molar-refractivity contribution is 6.03. The van der Waals surface area contributed by atoms with Crippen molar-refractivity contribution in [2.24, 2.45) is 0 Å². The molecule has 0 unspecified atom stereocenters. The molecule has 0 saturated carbocycles. The van der Waals surface area contributed by atoms with Crippen molar-refractivity contribution in [3.63, 3.8) is 0 Å². The highest BCUT2D eigenvalue weighted by atomic mass is 16.2. The molecular formula is C12H13NO2. The maximum absolute atomic E-state index is 11.4. The molecular weight excluding hydrogens is 190 g/mol. The van der Waals surface area contributed by atoms with Crippen molar-refractivity contribution < 1.29 is 9.59 Å². The quantitative estimate of drug-likeness (QED) is 0.756. The number of benzene rings is 1. The van der Waals surface area contributed by atoms with E-state index in [2.05, 4.69) is 11.9 Å². The molecule has 3 nitrogen and oxygen atoms in total. The molecule has 0 saturated heterocycles. The first-order chi connectivity index (χ1) is 7.09. The predicted octanol–water partition coefficient (Wildman–Crippen LogP) is 1.45. The number of imide groups is 1. The van der Waals surface area contributed by atoms with Gasteiger partial charge in [-0.2, -0.15) is 0 Å². The average molecular weight is 203 g/mol. The van der Waals surface area contributed by atoms with Crippen molar-refractivity contribution >= 4 is 11.8 Å². The lowest BCUT2D eigenvalue weighted by atomic mass is 10.1. The van der Waals surface area contributed by atoms with E-state index in [1.165, 1.54) is 0 Å². The van der Waals surface area contributed by atoms with Gasteiger partial charge < -0.3 is 0 Å². The minimum absolute atomic E-state index is 0.208. The second kappa shape index (κ2) is 5.10. The van der Waals surface area contributed by atoms with Crippen molar-refractivity contribution in [1.82, 2.24) is 5.32 Å². The Morgan fingerprint density at radius 2 is 1.87 bits per heavy atom. The second-order valence-corrected chi connectivity index (χ2v) is 3.32. The fourth-order valence-corrected chi connectivity index (χ4v) is 1.06. The second-order valence-electron chi connectivity index (χ2n) is 3.32. The van der Waals surface area contributed by atoms with Crippen LogP contribution < -0.4 is 5.32 Å². The predicted molar refractivity (Wildman–Crippen MR) is 58.1 cm³/mol. The molecule has 3 heteroatoms. The van der Waals surface area contributed by atoms with Gasteiger partial charge in [-0.25, -0.2) is 0 Å². The summed E-state index contributed by atoms with van der Waals surface area (Å²) in [6.45, 7) is 5.01. The Kier molecular flexibility index (Phi) is 3.80. The highest BCUT2D eigenvalue weighted by Crippen LogP contribution is 1.99. The number of rotatable bonds is 3. The zero-order valence-electron chi connectivity index (χ0n) is 8.62. The number of amides is 2. The summed E-state index contributed by atoms with van der Waals surface area (Å²) in [6.07, 6.45) is 0.208. The summed E-state index contributed by atoms with van der Waals surface area (Å²) in [5, 5.41) is 2.25. The van der Waals surface area contributed by atoms with Gasteiger partial charge in [-0.15, -0.1) is 0 Å². The van der Waals surface area contributed by atoms with Crippen molar-refractivity contribution in [2.45, 2.75) is 13.3 Å². The molecule has 1 rings (SSSR count). The fraction of sp³-hybridized carbons (Fsp3) is 0.167. The van der Waals surface area contributed by atoms with Crippen molar-refractivity contribution in [1.29, 1.82) is 0 Å². The molecule has 2 amide bonds. The maximum Gasteiger partial charge on any atom is 0.252 e. The molecule has 0 fully saturated rings. The van der Waals surface area contributed by atoms with Gasteiger partial charge in [-0.1, -0.05) is 36.9 Å². The first-order valence-electron chi connectivity index (χ1n) is 4.63. The van der Waals surface area contributed by atoms with Crippen molar-refractivity contribution in [3.05, 3.63) is 48.0 Å². The summed E-state index contributed by atoms with van der Waals surface area (Å²) in [7, 11) is 0. The van der Waals surface area contributed by atoms with Gasteiger partial charge >= 0.3 is 0 Å². The molecule has 0 aliphatic carbocycles. The summed E-state index contributed by atoms with van der Waals surface area (Å²) in [4.78, 5) is 22.5. The number of carbonyl (C=O) groups excluding carboxylic acids is 2. The lowest BCUT2D eigenvalue weighted by Crippen LogP contribution is -2.31. The van der Waals surface area contributed by atoms with E-state index in [-0.39, 0.29) is 12.3 Å². The molecule has 0 bridgehead atoms. The third-order valence-electron chi connectivity index (χ3n) is 1.85. The van der Waals surface area contributed by atoms with E-state index in [9.17, 15) is 9.59 Å². The van der Waals surface area contributed by atoms with Gasteiger partial charge in [-0.05, 0) is 12.5 Å². The summed E-state index contributed by atoms with van der Waals surface area (Å²) in [5.74, 6) is -0.731. The van der Waals surface area contributed by atoms with Gasteiger partial charge in [0.2, 0.25) is 5.91 Å². The molecule has 15 heavy (non-hydrogen) atoms. The summed E-state index contributed by atoms with van der Waals surface area (Å²) in [5.41, 5.74) is 1.21. The Bertz CT molecular complexity index is 382. The normalized spacial score (nSPS) is 9.40. The van der Waals surface area contributed by atoms with Crippen molar-refractivity contribution in [3.8, 4) is 0 Å². The van der Waals surface area contributed by atoms with Gasteiger partial charge in [0.1, 0.15) is 0 Å². The van der Waals surface area contributed by atoms with Crippen LogP contribution in [-0.2, 0) is 16.0 Å². The van der Waals surface area contributed by atoms with Crippen LogP contribution in [0.25, 0.3) is 0 Å². The number of hydrogen-bond donors (Lipinski definition) is 1. The van der Waals surface area contributed by atoms with Crippen molar-refractivity contribution in [2.75, 3.05) is 0 Å². The summed E-state index contributed by atoms with van der Waals surface area (Å²) >= 11 is 0. The molecule has 0 spiro atoms. The lowest BCUT2D eigenvalue weighted by Gasteiger charge is -2.03. The van der Waals surface area contributed by atoms with E-state index < -0.39 is 5.91 Å².